The molecule has 0 unspecified atom stereocenters. The third-order valence-electron chi connectivity index (χ3n) is 3.75. The molecule has 3 heterocycles. The Morgan fingerprint density at radius 3 is 2.36 bits per heavy atom. The van der Waals surface area contributed by atoms with Crippen molar-refractivity contribution in [3.8, 4) is 5.95 Å². The van der Waals surface area contributed by atoms with E-state index < -0.39 is 0 Å². The van der Waals surface area contributed by atoms with Crippen molar-refractivity contribution < 1.29 is 0 Å². The summed E-state index contributed by atoms with van der Waals surface area (Å²) in [4.78, 5) is 14.0. The SMILES string of the molecule is CCn1c(-n2nc(C)cc2C)nc2nc3ccccc3nc21. The molecule has 0 fully saturated rings. The van der Waals surface area contributed by atoms with Crippen molar-refractivity contribution in [1.82, 2.24) is 29.3 Å². The van der Waals surface area contributed by atoms with Gasteiger partial charge in [0.25, 0.3) is 0 Å². The lowest BCUT2D eigenvalue weighted by Crippen LogP contribution is -2.09. The second-order valence-electron chi connectivity index (χ2n) is 5.35. The van der Waals surface area contributed by atoms with E-state index in [1.165, 1.54) is 0 Å². The molecule has 0 bridgehead atoms. The normalized spacial score (nSPS) is 11.6. The van der Waals surface area contributed by atoms with Crippen LogP contribution in [-0.4, -0.2) is 29.3 Å². The van der Waals surface area contributed by atoms with Crippen LogP contribution in [0.2, 0.25) is 0 Å². The van der Waals surface area contributed by atoms with Crippen LogP contribution in [0.25, 0.3) is 28.3 Å². The molecule has 6 nitrogen and oxygen atoms in total. The lowest BCUT2D eigenvalue weighted by atomic mass is 10.3. The maximum absolute atomic E-state index is 4.73. The summed E-state index contributed by atoms with van der Waals surface area (Å²) in [6.07, 6.45) is 0. The van der Waals surface area contributed by atoms with E-state index in [1.54, 1.807) is 0 Å². The topological polar surface area (TPSA) is 61.4 Å². The lowest BCUT2D eigenvalue weighted by molar-refractivity contribution is 0.683. The van der Waals surface area contributed by atoms with Crippen LogP contribution in [0.5, 0.6) is 0 Å². The summed E-state index contributed by atoms with van der Waals surface area (Å²) in [5, 5.41) is 4.53. The lowest BCUT2D eigenvalue weighted by Gasteiger charge is -2.06. The van der Waals surface area contributed by atoms with E-state index in [9.17, 15) is 0 Å². The molecule has 0 spiro atoms. The maximum Gasteiger partial charge on any atom is 0.234 e. The van der Waals surface area contributed by atoms with Crippen LogP contribution >= 0.6 is 0 Å². The molecular formula is C16H16N6. The Balaban J connectivity index is 2.07. The first-order valence-corrected chi connectivity index (χ1v) is 7.34. The Labute approximate surface area is 127 Å². The van der Waals surface area contributed by atoms with E-state index in [4.69, 9.17) is 4.98 Å². The quantitative estimate of drug-likeness (QED) is 0.570. The predicted octanol–water partition coefficient (Wildman–Crippen LogP) is 2.80. The van der Waals surface area contributed by atoms with Gasteiger partial charge in [0.2, 0.25) is 5.95 Å². The van der Waals surface area contributed by atoms with Crippen LogP contribution in [0, 0.1) is 13.8 Å². The molecule has 1 aromatic carbocycles. The average Bonchev–Trinajstić information content (AvgIpc) is 3.03. The molecule has 0 aliphatic carbocycles. The van der Waals surface area contributed by atoms with Crippen LogP contribution in [-0.2, 0) is 6.54 Å². The molecule has 0 radical (unpaired) electrons. The van der Waals surface area contributed by atoms with Crippen molar-refractivity contribution in [2.24, 2.45) is 0 Å². The third kappa shape index (κ3) is 1.80. The number of aromatic nitrogens is 6. The monoisotopic (exact) mass is 292 g/mol. The molecule has 6 heteroatoms. The third-order valence-corrected chi connectivity index (χ3v) is 3.75. The van der Waals surface area contributed by atoms with Gasteiger partial charge in [-0.3, -0.25) is 4.57 Å². The molecular weight excluding hydrogens is 276 g/mol. The van der Waals surface area contributed by atoms with Crippen LogP contribution in [0.3, 0.4) is 0 Å². The highest BCUT2D eigenvalue weighted by Crippen LogP contribution is 2.20. The first kappa shape index (κ1) is 12.9. The minimum Gasteiger partial charge on any atom is -0.292 e. The zero-order valence-corrected chi connectivity index (χ0v) is 12.8. The molecule has 0 aliphatic rings. The number of nitrogens with zero attached hydrogens (tertiary/aromatic N) is 6. The van der Waals surface area contributed by atoms with Gasteiger partial charge >= 0.3 is 0 Å². The standard InChI is InChI=1S/C16H16N6/c1-4-21-15-14(17-12-7-5-6-8-13(12)18-15)19-16(21)22-11(3)9-10(2)20-22/h5-9H,4H2,1-3H3. The highest BCUT2D eigenvalue weighted by molar-refractivity contribution is 5.83. The number of para-hydroxylation sites is 2. The van der Waals surface area contributed by atoms with Gasteiger partial charge in [0.1, 0.15) is 0 Å². The molecule has 0 amide bonds. The molecule has 4 aromatic rings. The van der Waals surface area contributed by atoms with Gasteiger partial charge in [-0.05, 0) is 39.0 Å². The Bertz CT molecular complexity index is 995. The first-order valence-electron chi connectivity index (χ1n) is 7.34. The van der Waals surface area contributed by atoms with Gasteiger partial charge < -0.3 is 0 Å². The van der Waals surface area contributed by atoms with Gasteiger partial charge in [-0.1, -0.05) is 12.1 Å². The first-order chi connectivity index (χ1) is 10.7. The molecule has 3 aromatic heterocycles. The number of rotatable bonds is 2. The van der Waals surface area contributed by atoms with Crippen molar-refractivity contribution in [2.45, 2.75) is 27.3 Å². The number of imidazole rings is 1. The van der Waals surface area contributed by atoms with E-state index in [0.717, 1.165) is 40.6 Å². The number of hydrogen-bond acceptors (Lipinski definition) is 4. The summed E-state index contributed by atoms with van der Waals surface area (Å²) in [6.45, 7) is 6.84. The largest absolute Gasteiger partial charge is 0.292 e. The predicted molar refractivity (Wildman–Crippen MR) is 85.1 cm³/mol. The second kappa shape index (κ2) is 4.62. The molecule has 0 atom stereocenters. The van der Waals surface area contributed by atoms with Crippen LogP contribution < -0.4 is 0 Å². The van der Waals surface area contributed by atoms with E-state index in [-0.39, 0.29) is 0 Å². The van der Waals surface area contributed by atoms with Crippen molar-refractivity contribution in [1.29, 1.82) is 0 Å². The summed E-state index contributed by atoms with van der Waals surface area (Å²) >= 11 is 0. The fourth-order valence-corrected chi connectivity index (χ4v) is 2.77. The Morgan fingerprint density at radius 1 is 1.00 bits per heavy atom. The summed E-state index contributed by atoms with van der Waals surface area (Å²) in [5.41, 5.74) is 5.21. The highest BCUT2D eigenvalue weighted by Gasteiger charge is 2.16. The second-order valence-corrected chi connectivity index (χ2v) is 5.35. The fraction of sp³-hybridized carbons (Fsp3) is 0.250. The van der Waals surface area contributed by atoms with Gasteiger partial charge in [-0.25, -0.2) is 14.6 Å². The molecule has 0 saturated heterocycles. The highest BCUT2D eigenvalue weighted by atomic mass is 15.4. The van der Waals surface area contributed by atoms with E-state index in [1.807, 2.05) is 53.4 Å². The molecule has 110 valence electrons. The number of benzene rings is 1. The van der Waals surface area contributed by atoms with Gasteiger partial charge in [-0.2, -0.15) is 10.1 Å². The maximum atomic E-state index is 4.73. The summed E-state index contributed by atoms with van der Waals surface area (Å²) < 4.78 is 3.90. The summed E-state index contributed by atoms with van der Waals surface area (Å²) in [7, 11) is 0. The van der Waals surface area contributed by atoms with Gasteiger partial charge in [0, 0.05) is 12.2 Å². The van der Waals surface area contributed by atoms with E-state index in [0.29, 0.717) is 5.65 Å². The zero-order chi connectivity index (χ0) is 15.3. The Hall–Kier alpha value is -2.76. The molecule has 22 heavy (non-hydrogen) atoms. The van der Waals surface area contributed by atoms with Crippen LogP contribution in [0.1, 0.15) is 18.3 Å². The number of hydrogen-bond donors (Lipinski definition) is 0. The molecule has 0 saturated carbocycles. The molecule has 0 aliphatic heterocycles. The number of aryl methyl sites for hydroxylation is 3. The summed E-state index contributed by atoms with van der Waals surface area (Å²) in [6, 6.07) is 9.89. The Morgan fingerprint density at radius 2 is 1.73 bits per heavy atom. The molecule has 0 N–H and O–H groups in total. The van der Waals surface area contributed by atoms with Crippen LogP contribution in [0.4, 0.5) is 0 Å². The van der Waals surface area contributed by atoms with Gasteiger partial charge in [0.05, 0.1) is 16.7 Å². The zero-order valence-electron chi connectivity index (χ0n) is 12.8. The van der Waals surface area contributed by atoms with Gasteiger partial charge in [0.15, 0.2) is 11.3 Å². The van der Waals surface area contributed by atoms with Crippen molar-refractivity contribution in [2.75, 3.05) is 0 Å². The fourth-order valence-electron chi connectivity index (χ4n) is 2.77. The van der Waals surface area contributed by atoms with E-state index in [2.05, 4.69) is 22.0 Å². The van der Waals surface area contributed by atoms with Crippen LogP contribution in [0.15, 0.2) is 30.3 Å². The van der Waals surface area contributed by atoms with Crippen molar-refractivity contribution in [3.63, 3.8) is 0 Å². The number of fused-ring (bicyclic) bond motifs is 2. The summed E-state index contributed by atoms with van der Waals surface area (Å²) in [5.74, 6) is 0.762. The minimum absolute atomic E-state index is 0.656. The average molecular weight is 292 g/mol. The van der Waals surface area contributed by atoms with E-state index >= 15 is 0 Å². The smallest absolute Gasteiger partial charge is 0.234 e. The minimum atomic E-state index is 0.656. The van der Waals surface area contributed by atoms with Gasteiger partial charge in [-0.15, -0.1) is 0 Å². The van der Waals surface area contributed by atoms with Crippen molar-refractivity contribution >= 4 is 22.3 Å². The molecule has 4 rings (SSSR count). The Kier molecular flexibility index (Phi) is 2.72. The van der Waals surface area contributed by atoms with Crippen molar-refractivity contribution in [3.05, 3.63) is 41.7 Å².